The van der Waals surface area contributed by atoms with E-state index in [1.807, 2.05) is 12.1 Å². The molecule has 0 radical (unpaired) electrons. The van der Waals surface area contributed by atoms with Gasteiger partial charge in [0.15, 0.2) is 12.4 Å². The highest BCUT2D eigenvalue weighted by Crippen LogP contribution is 2.21. The lowest BCUT2D eigenvalue weighted by atomic mass is 9.97. The Morgan fingerprint density at radius 2 is 1.62 bits per heavy atom. The third-order valence-electron chi connectivity index (χ3n) is 4.74. The summed E-state index contributed by atoms with van der Waals surface area (Å²) in [4.78, 5) is 35.7. The van der Waals surface area contributed by atoms with Gasteiger partial charge in [-0.3, -0.25) is 9.59 Å². The molecule has 0 heterocycles. The monoisotopic (exact) mass is 416 g/mol. The molecule has 0 spiro atoms. The van der Waals surface area contributed by atoms with Crippen molar-refractivity contribution in [3.63, 3.8) is 0 Å². The number of amides is 2. The van der Waals surface area contributed by atoms with Crippen LogP contribution >= 0.6 is 11.6 Å². The summed E-state index contributed by atoms with van der Waals surface area (Å²) in [5.41, 5.74) is 7.48. The van der Waals surface area contributed by atoms with Gasteiger partial charge in [-0.05, 0) is 35.6 Å². The fraction of sp³-hybridized carbons (Fsp3) is 0.318. The van der Waals surface area contributed by atoms with Crippen molar-refractivity contribution in [2.45, 2.75) is 38.6 Å². The molecule has 0 saturated carbocycles. The second kappa shape index (κ2) is 10.6. The lowest BCUT2D eigenvalue weighted by molar-refractivity contribution is -0.143. The zero-order valence-electron chi connectivity index (χ0n) is 16.5. The van der Waals surface area contributed by atoms with Crippen LogP contribution in [-0.2, 0) is 9.53 Å². The minimum Gasteiger partial charge on any atom is -0.457 e. The first-order valence-corrected chi connectivity index (χ1v) is 9.78. The molecule has 0 aromatic heterocycles. The highest BCUT2D eigenvalue weighted by atomic mass is 35.5. The van der Waals surface area contributed by atoms with E-state index >= 15 is 0 Å². The van der Waals surface area contributed by atoms with E-state index in [0.29, 0.717) is 22.1 Å². The number of carbonyl (C=O) groups is 3. The average Bonchev–Trinajstić information content (AvgIpc) is 2.71. The second-order valence-corrected chi connectivity index (χ2v) is 7.27. The number of carbonyl (C=O) groups excluding carboxylic acids is 3. The smallest absolute Gasteiger partial charge is 0.312 e. The van der Waals surface area contributed by atoms with Gasteiger partial charge in [0, 0.05) is 10.6 Å². The Morgan fingerprint density at radius 1 is 1.03 bits per heavy atom. The van der Waals surface area contributed by atoms with E-state index in [9.17, 15) is 14.4 Å². The van der Waals surface area contributed by atoms with E-state index in [2.05, 4.69) is 19.2 Å². The molecule has 7 heteroatoms. The Kier molecular flexibility index (Phi) is 8.21. The average molecular weight is 417 g/mol. The minimum absolute atomic E-state index is 0.162. The van der Waals surface area contributed by atoms with Crippen LogP contribution < -0.4 is 11.1 Å². The Balaban J connectivity index is 1.94. The number of rotatable bonds is 9. The number of hydrogen-bond donors (Lipinski definition) is 2. The first-order valence-electron chi connectivity index (χ1n) is 9.40. The highest BCUT2D eigenvalue weighted by molar-refractivity contribution is 6.30. The van der Waals surface area contributed by atoms with Crippen molar-refractivity contribution in [1.29, 1.82) is 0 Å². The van der Waals surface area contributed by atoms with E-state index in [4.69, 9.17) is 22.1 Å². The van der Waals surface area contributed by atoms with Crippen molar-refractivity contribution in [3.05, 3.63) is 70.2 Å². The number of hydrogen-bond acceptors (Lipinski definition) is 4. The summed E-state index contributed by atoms with van der Waals surface area (Å²) in [6, 6.07) is 12.5. The quantitative estimate of drug-likeness (QED) is 0.468. The number of esters is 1. The standard InChI is InChI=1S/C22H25ClN2O4/c1-3-14(2)15-4-6-17(7-5-15)20(26)13-29-21(27)12-19(25-22(24)28)16-8-10-18(23)11-9-16/h4-11,14,19H,3,12-13H2,1-2H3,(H3,24,25,28)/t14-,19-/m1/s1. The van der Waals surface area contributed by atoms with Gasteiger partial charge in [-0.2, -0.15) is 0 Å². The Morgan fingerprint density at radius 3 is 2.17 bits per heavy atom. The molecule has 2 aromatic rings. The SMILES string of the molecule is CC[C@@H](C)c1ccc(C(=O)COC(=O)C[C@@H](NC(N)=O)c2ccc(Cl)cc2)cc1. The maximum absolute atomic E-state index is 12.3. The number of urea groups is 1. The van der Waals surface area contributed by atoms with E-state index in [-0.39, 0.29) is 18.8 Å². The van der Waals surface area contributed by atoms with Crippen LogP contribution in [0.2, 0.25) is 5.02 Å². The van der Waals surface area contributed by atoms with E-state index < -0.39 is 18.0 Å². The van der Waals surface area contributed by atoms with Crippen LogP contribution in [0, 0.1) is 0 Å². The normalized spacial score (nSPS) is 12.7. The summed E-state index contributed by atoms with van der Waals surface area (Å²) in [5, 5.41) is 3.03. The van der Waals surface area contributed by atoms with Crippen LogP contribution in [0.3, 0.4) is 0 Å². The molecule has 0 unspecified atom stereocenters. The molecular formula is C22H25ClN2O4. The Labute approximate surface area is 175 Å². The van der Waals surface area contributed by atoms with Crippen LogP contribution in [0.15, 0.2) is 48.5 Å². The minimum atomic E-state index is -0.768. The van der Waals surface area contributed by atoms with Gasteiger partial charge < -0.3 is 15.8 Å². The summed E-state index contributed by atoms with van der Waals surface area (Å²) < 4.78 is 5.11. The van der Waals surface area contributed by atoms with Crippen molar-refractivity contribution in [2.24, 2.45) is 5.73 Å². The topological polar surface area (TPSA) is 98.5 Å². The predicted octanol–water partition coefficient (Wildman–Crippen LogP) is 4.38. The molecule has 0 aliphatic heterocycles. The molecular weight excluding hydrogens is 392 g/mol. The summed E-state index contributed by atoms with van der Waals surface area (Å²) in [5.74, 6) is -0.497. The van der Waals surface area contributed by atoms with Gasteiger partial charge in [0.2, 0.25) is 0 Å². The highest BCUT2D eigenvalue weighted by Gasteiger charge is 2.19. The molecule has 29 heavy (non-hydrogen) atoms. The maximum Gasteiger partial charge on any atom is 0.312 e. The first-order chi connectivity index (χ1) is 13.8. The number of primary amides is 1. The van der Waals surface area contributed by atoms with Gasteiger partial charge in [-0.25, -0.2) is 4.79 Å². The molecule has 6 nitrogen and oxygen atoms in total. The van der Waals surface area contributed by atoms with Crippen molar-refractivity contribution >= 4 is 29.4 Å². The molecule has 0 aliphatic rings. The molecule has 154 valence electrons. The molecule has 0 saturated heterocycles. The maximum atomic E-state index is 12.3. The van der Waals surface area contributed by atoms with E-state index in [1.54, 1.807) is 36.4 Å². The fourth-order valence-corrected chi connectivity index (χ4v) is 2.93. The molecule has 2 aromatic carbocycles. The zero-order chi connectivity index (χ0) is 21.4. The van der Waals surface area contributed by atoms with Gasteiger partial charge >= 0.3 is 12.0 Å². The van der Waals surface area contributed by atoms with Crippen molar-refractivity contribution in [2.75, 3.05) is 6.61 Å². The number of benzene rings is 2. The summed E-state index contributed by atoms with van der Waals surface area (Å²) in [6.45, 7) is 3.86. The third-order valence-corrected chi connectivity index (χ3v) is 4.99. The number of ether oxygens (including phenoxy) is 1. The van der Waals surface area contributed by atoms with Gasteiger partial charge in [0.25, 0.3) is 0 Å². The van der Waals surface area contributed by atoms with Gasteiger partial charge in [0.1, 0.15) is 0 Å². The van der Waals surface area contributed by atoms with E-state index in [0.717, 1.165) is 12.0 Å². The summed E-state index contributed by atoms with van der Waals surface area (Å²) >= 11 is 5.86. The Bertz CT molecular complexity index is 850. The second-order valence-electron chi connectivity index (χ2n) is 6.83. The molecule has 2 rings (SSSR count). The van der Waals surface area contributed by atoms with Crippen molar-refractivity contribution < 1.29 is 19.1 Å². The number of halogens is 1. The van der Waals surface area contributed by atoms with Crippen LogP contribution in [0.25, 0.3) is 0 Å². The van der Waals surface area contributed by atoms with Crippen LogP contribution in [0.5, 0.6) is 0 Å². The van der Waals surface area contributed by atoms with Crippen LogP contribution in [0.4, 0.5) is 4.79 Å². The van der Waals surface area contributed by atoms with Crippen molar-refractivity contribution in [3.8, 4) is 0 Å². The molecule has 0 bridgehead atoms. The predicted molar refractivity (Wildman–Crippen MR) is 112 cm³/mol. The van der Waals surface area contributed by atoms with Gasteiger partial charge in [0.05, 0.1) is 12.5 Å². The molecule has 2 atom stereocenters. The Hall–Kier alpha value is -2.86. The number of nitrogens with two attached hydrogens (primary N) is 1. The van der Waals surface area contributed by atoms with Gasteiger partial charge in [-0.1, -0.05) is 61.8 Å². The fourth-order valence-electron chi connectivity index (χ4n) is 2.81. The lowest BCUT2D eigenvalue weighted by Gasteiger charge is -2.17. The first kappa shape index (κ1) is 22.4. The van der Waals surface area contributed by atoms with Crippen molar-refractivity contribution in [1.82, 2.24) is 5.32 Å². The van der Waals surface area contributed by atoms with E-state index in [1.165, 1.54) is 0 Å². The summed E-state index contributed by atoms with van der Waals surface area (Å²) in [7, 11) is 0. The van der Waals surface area contributed by atoms with Crippen LogP contribution in [-0.4, -0.2) is 24.4 Å². The molecule has 3 N–H and O–H groups in total. The summed E-state index contributed by atoms with van der Waals surface area (Å²) in [6.07, 6.45) is 0.851. The third kappa shape index (κ3) is 6.91. The molecule has 0 fully saturated rings. The zero-order valence-corrected chi connectivity index (χ0v) is 17.2. The molecule has 2 amide bonds. The molecule has 0 aliphatic carbocycles. The largest absolute Gasteiger partial charge is 0.457 e. The van der Waals surface area contributed by atoms with Gasteiger partial charge in [-0.15, -0.1) is 0 Å². The number of ketones is 1. The number of Topliss-reactive ketones (excluding diaryl/α,β-unsaturated/α-hetero) is 1. The number of nitrogens with one attached hydrogen (secondary N) is 1. The van der Waals surface area contributed by atoms with Crippen LogP contribution in [0.1, 0.15) is 60.1 Å². The lowest BCUT2D eigenvalue weighted by Crippen LogP contribution is -2.34.